The Labute approximate surface area is 122 Å². The van der Waals surface area contributed by atoms with Gasteiger partial charge in [0.1, 0.15) is 0 Å². The van der Waals surface area contributed by atoms with Gasteiger partial charge in [0.15, 0.2) is 0 Å². The zero-order valence-electron chi connectivity index (χ0n) is 11.5. The molecule has 3 heterocycles. The Morgan fingerprint density at radius 2 is 2.00 bits per heavy atom. The van der Waals surface area contributed by atoms with Gasteiger partial charge in [0.25, 0.3) is 5.56 Å². The van der Waals surface area contributed by atoms with Gasteiger partial charge in [0.2, 0.25) is 5.95 Å². The number of halogens is 1. The van der Waals surface area contributed by atoms with Crippen LogP contribution < -0.4 is 10.5 Å². The Kier molecular flexibility index (Phi) is 3.70. The van der Waals surface area contributed by atoms with E-state index in [1.54, 1.807) is 0 Å². The first-order chi connectivity index (χ1) is 9.93. The number of nitrogens with one attached hydrogen (secondary N) is 1. The molecule has 1 unspecified atom stereocenters. The molecule has 0 radical (unpaired) electrons. The van der Waals surface area contributed by atoms with Crippen molar-refractivity contribution in [1.82, 2.24) is 14.3 Å². The van der Waals surface area contributed by atoms with Crippen LogP contribution in [0.5, 0.6) is 0 Å². The second kappa shape index (κ2) is 5.38. The zero-order valence-corrected chi connectivity index (χ0v) is 12.3. The summed E-state index contributed by atoms with van der Waals surface area (Å²) >= 11 is 0. The predicted molar refractivity (Wildman–Crippen MR) is 75.3 cm³/mol. The van der Waals surface area contributed by atoms with Crippen molar-refractivity contribution in [2.24, 2.45) is 0 Å². The summed E-state index contributed by atoms with van der Waals surface area (Å²) in [4.78, 5) is 20.9. The summed E-state index contributed by atoms with van der Waals surface area (Å²) < 4.78 is 35.6. The summed E-state index contributed by atoms with van der Waals surface area (Å²) in [6.45, 7) is 1.86. The molecular weight excluding hydrogens is 299 g/mol. The lowest BCUT2D eigenvalue weighted by Gasteiger charge is -2.17. The first kappa shape index (κ1) is 14.5. The molecule has 0 aromatic carbocycles. The maximum atomic E-state index is 13.0. The standard InChI is InChI=1S/C12H17FN4O3S/c13-21(19,20)17-6-3-9(8-17)10-7-11(18)15-12(14-10)16-4-1-2-5-16/h7,9H,1-6,8H2,(H,14,15,18). The van der Waals surface area contributed by atoms with E-state index in [4.69, 9.17) is 0 Å². The third-order valence-corrected chi connectivity index (χ3v) is 4.98. The van der Waals surface area contributed by atoms with Gasteiger partial charge in [-0.1, -0.05) is 3.89 Å². The summed E-state index contributed by atoms with van der Waals surface area (Å²) in [6, 6.07) is 1.37. The van der Waals surface area contributed by atoms with Crippen LogP contribution in [0, 0.1) is 0 Å². The number of anilines is 1. The summed E-state index contributed by atoms with van der Waals surface area (Å²) in [6.07, 6.45) is 2.59. The Hall–Kier alpha value is -1.48. The van der Waals surface area contributed by atoms with E-state index in [-0.39, 0.29) is 24.6 Å². The van der Waals surface area contributed by atoms with E-state index in [0.717, 1.165) is 30.2 Å². The first-order valence-electron chi connectivity index (χ1n) is 6.99. The highest BCUT2D eigenvalue weighted by atomic mass is 32.3. The van der Waals surface area contributed by atoms with Gasteiger partial charge >= 0.3 is 10.4 Å². The van der Waals surface area contributed by atoms with Crippen molar-refractivity contribution in [2.75, 3.05) is 31.1 Å². The minimum absolute atomic E-state index is 0.0364. The summed E-state index contributed by atoms with van der Waals surface area (Å²) in [7, 11) is -4.67. The molecule has 21 heavy (non-hydrogen) atoms. The van der Waals surface area contributed by atoms with Crippen LogP contribution in [0.25, 0.3) is 0 Å². The molecule has 9 heteroatoms. The minimum atomic E-state index is -4.67. The fourth-order valence-electron chi connectivity index (χ4n) is 2.92. The molecule has 2 saturated heterocycles. The van der Waals surface area contributed by atoms with E-state index in [1.807, 2.05) is 4.90 Å². The lowest BCUT2D eigenvalue weighted by molar-refractivity contribution is 0.434. The maximum Gasteiger partial charge on any atom is 0.374 e. The van der Waals surface area contributed by atoms with E-state index < -0.39 is 10.4 Å². The molecule has 0 saturated carbocycles. The Bertz CT molecular complexity index is 684. The van der Waals surface area contributed by atoms with Crippen LogP contribution in [0.3, 0.4) is 0 Å². The highest BCUT2D eigenvalue weighted by Gasteiger charge is 2.33. The molecule has 0 spiro atoms. The molecular formula is C12H17FN4O3S. The fraction of sp³-hybridized carbons (Fsp3) is 0.667. The van der Waals surface area contributed by atoms with E-state index in [0.29, 0.717) is 18.1 Å². The van der Waals surface area contributed by atoms with Gasteiger partial charge in [-0.25, -0.2) is 4.98 Å². The molecule has 3 rings (SSSR count). The lowest BCUT2D eigenvalue weighted by atomic mass is 10.1. The summed E-state index contributed by atoms with van der Waals surface area (Å²) in [5, 5.41) is 0. The highest BCUT2D eigenvalue weighted by molar-refractivity contribution is 7.83. The van der Waals surface area contributed by atoms with Gasteiger partial charge in [-0.05, 0) is 19.3 Å². The molecule has 2 aliphatic rings. The molecule has 0 bridgehead atoms. The van der Waals surface area contributed by atoms with Crippen LogP contribution in [-0.4, -0.2) is 48.9 Å². The molecule has 1 atom stereocenters. The molecule has 2 fully saturated rings. The van der Waals surface area contributed by atoms with Crippen molar-refractivity contribution in [3.05, 3.63) is 22.1 Å². The number of rotatable bonds is 3. The number of aromatic nitrogens is 2. The number of hydrogen-bond donors (Lipinski definition) is 1. The Balaban J connectivity index is 1.84. The first-order valence-corrected chi connectivity index (χ1v) is 8.33. The van der Waals surface area contributed by atoms with E-state index in [9.17, 15) is 17.1 Å². The number of hydrogen-bond acceptors (Lipinski definition) is 5. The van der Waals surface area contributed by atoms with Gasteiger partial charge in [-0.15, -0.1) is 0 Å². The molecule has 1 N–H and O–H groups in total. The number of H-pyrrole nitrogens is 1. The summed E-state index contributed by atoms with van der Waals surface area (Å²) in [5.74, 6) is 0.288. The third kappa shape index (κ3) is 3.08. The van der Waals surface area contributed by atoms with E-state index in [2.05, 4.69) is 9.97 Å². The van der Waals surface area contributed by atoms with Crippen molar-refractivity contribution in [1.29, 1.82) is 0 Å². The molecule has 7 nitrogen and oxygen atoms in total. The van der Waals surface area contributed by atoms with Crippen molar-refractivity contribution in [3.63, 3.8) is 0 Å². The van der Waals surface area contributed by atoms with Gasteiger partial charge in [0.05, 0.1) is 5.69 Å². The topological polar surface area (TPSA) is 86.4 Å². The maximum absolute atomic E-state index is 13.0. The summed E-state index contributed by atoms with van der Waals surface area (Å²) in [5.41, 5.74) is 0.273. The largest absolute Gasteiger partial charge is 0.374 e. The normalized spacial score (nSPS) is 23.9. The number of aromatic amines is 1. The van der Waals surface area contributed by atoms with Crippen LogP contribution in [0.15, 0.2) is 10.9 Å². The smallest absolute Gasteiger partial charge is 0.342 e. The Morgan fingerprint density at radius 3 is 2.62 bits per heavy atom. The van der Waals surface area contributed by atoms with Crippen LogP contribution in [0.1, 0.15) is 30.9 Å². The SMILES string of the molecule is O=c1cc(C2CCN(S(=O)(=O)F)C2)nc(N2CCCC2)[nH]1. The monoisotopic (exact) mass is 316 g/mol. The van der Waals surface area contributed by atoms with Crippen molar-refractivity contribution in [2.45, 2.75) is 25.2 Å². The van der Waals surface area contributed by atoms with Gasteiger partial charge in [-0.2, -0.15) is 12.7 Å². The Morgan fingerprint density at radius 1 is 1.29 bits per heavy atom. The molecule has 0 amide bonds. The molecule has 116 valence electrons. The predicted octanol–water partition coefficient (Wildman–Crippen LogP) is 0.374. The van der Waals surface area contributed by atoms with Gasteiger partial charge < -0.3 is 4.90 Å². The zero-order chi connectivity index (χ0) is 15.0. The number of nitrogens with zero attached hydrogens (tertiary/aromatic N) is 3. The van der Waals surface area contributed by atoms with Gasteiger partial charge in [0, 0.05) is 38.2 Å². The fourth-order valence-corrected chi connectivity index (χ4v) is 3.60. The second-order valence-corrected chi connectivity index (χ2v) is 6.81. The van der Waals surface area contributed by atoms with Gasteiger partial charge in [-0.3, -0.25) is 9.78 Å². The molecule has 1 aromatic rings. The van der Waals surface area contributed by atoms with Crippen LogP contribution in [0.2, 0.25) is 0 Å². The third-order valence-electron chi connectivity index (χ3n) is 4.03. The minimum Gasteiger partial charge on any atom is -0.342 e. The van der Waals surface area contributed by atoms with E-state index >= 15 is 0 Å². The molecule has 2 aliphatic heterocycles. The van der Waals surface area contributed by atoms with Crippen LogP contribution >= 0.6 is 0 Å². The molecule has 1 aromatic heterocycles. The van der Waals surface area contributed by atoms with Crippen molar-refractivity contribution in [3.8, 4) is 0 Å². The van der Waals surface area contributed by atoms with Crippen molar-refractivity contribution < 1.29 is 12.3 Å². The second-order valence-electron chi connectivity index (χ2n) is 5.47. The molecule has 0 aliphatic carbocycles. The van der Waals surface area contributed by atoms with Crippen LogP contribution in [0.4, 0.5) is 9.83 Å². The average molecular weight is 316 g/mol. The quantitative estimate of drug-likeness (QED) is 0.815. The van der Waals surface area contributed by atoms with E-state index in [1.165, 1.54) is 6.07 Å². The van der Waals surface area contributed by atoms with Crippen LogP contribution in [-0.2, 0) is 10.4 Å². The lowest BCUT2D eigenvalue weighted by Crippen LogP contribution is -2.26. The average Bonchev–Trinajstić information content (AvgIpc) is 3.09. The highest BCUT2D eigenvalue weighted by Crippen LogP contribution is 2.28. The van der Waals surface area contributed by atoms with Crippen molar-refractivity contribution >= 4 is 16.4 Å².